The number of para-hydroxylation sites is 1. The highest BCUT2D eigenvalue weighted by atomic mass is 16.2. The molecule has 1 heterocycles. The molecule has 0 bridgehead atoms. The highest BCUT2D eigenvalue weighted by molar-refractivity contribution is 5.94. The molecule has 5 heteroatoms. The lowest BCUT2D eigenvalue weighted by Crippen LogP contribution is -2.38. The van der Waals surface area contributed by atoms with Gasteiger partial charge in [-0.25, -0.2) is 4.98 Å². The summed E-state index contributed by atoms with van der Waals surface area (Å²) in [7, 11) is 0. The minimum Gasteiger partial charge on any atom is -0.329 e. The zero-order valence-electron chi connectivity index (χ0n) is 20.8. The molecule has 1 aromatic heterocycles. The van der Waals surface area contributed by atoms with Gasteiger partial charge in [0.15, 0.2) is 0 Å². The van der Waals surface area contributed by atoms with Gasteiger partial charge in [-0.1, -0.05) is 68.7 Å². The Labute approximate surface area is 207 Å². The Kier molecular flexibility index (Phi) is 7.76. The summed E-state index contributed by atoms with van der Waals surface area (Å²) in [6.45, 7) is 6.76. The van der Waals surface area contributed by atoms with Crippen LogP contribution in [-0.4, -0.2) is 26.9 Å². The molecule has 0 spiro atoms. The SMILES string of the molecule is CCCCCCN(C(=O)c1ccccc1)C(C)c1nc2ccccc2c(=O)n1-c1cccc(C)c1. The normalized spacial score (nSPS) is 12.0. The van der Waals surface area contributed by atoms with E-state index in [1.54, 1.807) is 4.57 Å². The van der Waals surface area contributed by atoms with E-state index in [4.69, 9.17) is 4.98 Å². The van der Waals surface area contributed by atoms with Gasteiger partial charge in [0.2, 0.25) is 0 Å². The topological polar surface area (TPSA) is 55.2 Å². The van der Waals surface area contributed by atoms with Crippen LogP contribution in [0.1, 0.15) is 67.3 Å². The van der Waals surface area contributed by atoms with Gasteiger partial charge in [0.1, 0.15) is 5.82 Å². The molecule has 0 N–H and O–H groups in total. The second kappa shape index (κ2) is 11.1. The first kappa shape index (κ1) is 24.4. The van der Waals surface area contributed by atoms with E-state index in [-0.39, 0.29) is 11.5 Å². The molecule has 0 saturated heterocycles. The number of aryl methyl sites for hydroxylation is 1. The van der Waals surface area contributed by atoms with Gasteiger partial charge in [-0.05, 0) is 62.2 Å². The average Bonchev–Trinajstić information content (AvgIpc) is 2.88. The molecule has 4 rings (SSSR count). The number of amides is 1. The van der Waals surface area contributed by atoms with Crippen LogP contribution in [0.5, 0.6) is 0 Å². The van der Waals surface area contributed by atoms with Gasteiger partial charge in [-0.3, -0.25) is 14.2 Å². The first-order valence-corrected chi connectivity index (χ1v) is 12.5. The van der Waals surface area contributed by atoms with Crippen LogP contribution in [0.2, 0.25) is 0 Å². The average molecular weight is 468 g/mol. The van der Waals surface area contributed by atoms with Gasteiger partial charge in [0, 0.05) is 12.1 Å². The van der Waals surface area contributed by atoms with Gasteiger partial charge in [-0.2, -0.15) is 0 Å². The van der Waals surface area contributed by atoms with Crippen molar-refractivity contribution in [3.05, 3.63) is 106 Å². The lowest BCUT2D eigenvalue weighted by Gasteiger charge is -2.31. The third-order valence-electron chi connectivity index (χ3n) is 6.44. The van der Waals surface area contributed by atoms with Crippen LogP contribution in [0.4, 0.5) is 0 Å². The molecule has 1 unspecified atom stereocenters. The largest absolute Gasteiger partial charge is 0.329 e. The van der Waals surface area contributed by atoms with Gasteiger partial charge >= 0.3 is 0 Å². The summed E-state index contributed by atoms with van der Waals surface area (Å²) in [6, 6.07) is 24.2. The van der Waals surface area contributed by atoms with E-state index in [0.717, 1.165) is 36.9 Å². The smallest absolute Gasteiger partial charge is 0.266 e. The molecular formula is C30H33N3O2. The summed E-state index contributed by atoms with van der Waals surface area (Å²) in [6.07, 6.45) is 4.21. The van der Waals surface area contributed by atoms with E-state index in [1.165, 1.54) is 0 Å². The molecule has 5 nitrogen and oxygen atoms in total. The van der Waals surface area contributed by atoms with Crippen LogP contribution in [0, 0.1) is 6.92 Å². The Balaban J connectivity index is 1.86. The van der Waals surface area contributed by atoms with Crippen LogP contribution in [0.3, 0.4) is 0 Å². The van der Waals surface area contributed by atoms with E-state index < -0.39 is 6.04 Å². The Bertz CT molecular complexity index is 1360. The van der Waals surface area contributed by atoms with Crippen LogP contribution < -0.4 is 5.56 Å². The van der Waals surface area contributed by atoms with Gasteiger partial charge in [0.25, 0.3) is 11.5 Å². The van der Waals surface area contributed by atoms with Crippen molar-refractivity contribution in [1.29, 1.82) is 0 Å². The number of carbonyl (C=O) groups is 1. The molecule has 0 aliphatic rings. The monoisotopic (exact) mass is 467 g/mol. The van der Waals surface area contributed by atoms with Gasteiger partial charge in [-0.15, -0.1) is 0 Å². The van der Waals surface area contributed by atoms with Crippen molar-refractivity contribution in [2.24, 2.45) is 0 Å². The van der Waals surface area contributed by atoms with E-state index in [0.29, 0.717) is 28.8 Å². The summed E-state index contributed by atoms with van der Waals surface area (Å²) in [5, 5.41) is 0.564. The Morgan fingerprint density at radius 1 is 0.943 bits per heavy atom. The summed E-state index contributed by atoms with van der Waals surface area (Å²) in [5.41, 5.74) is 2.97. The zero-order chi connectivity index (χ0) is 24.8. The Morgan fingerprint density at radius 2 is 1.69 bits per heavy atom. The van der Waals surface area contributed by atoms with Gasteiger partial charge in [0.05, 0.1) is 22.6 Å². The van der Waals surface area contributed by atoms with Crippen molar-refractivity contribution in [2.75, 3.05) is 6.54 Å². The quantitative estimate of drug-likeness (QED) is 0.265. The number of hydrogen-bond acceptors (Lipinski definition) is 3. The molecule has 4 aromatic rings. The van der Waals surface area contributed by atoms with Crippen LogP contribution in [-0.2, 0) is 0 Å². The molecule has 35 heavy (non-hydrogen) atoms. The Morgan fingerprint density at radius 3 is 2.43 bits per heavy atom. The standard InChI is InChI=1S/C30H33N3O2/c1-4-5-6-12-20-32(29(34)24-15-8-7-9-16-24)23(3)28-31-27-19-11-10-18-26(27)30(35)33(28)25-17-13-14-22(2)21-25/h7-11,13-19,21,23H,4-6,12,20H2,1-3H3. The number of aromatic nitrogens is 2. The van der Waals surface area contributed by atoms with E-state index in [9.17, 15) is 9.59 Å². The van der Waals surface area contributed by atoms with Crippen molar-refractivity contribution < 1.29 is 4.79 Å². The van der Waals surface area contributed by atoms with E-state index in [2.05, 4.69) is 6.92 Å². The lowest BCUT2D eigenvalue weighted by atomic mass is 10.1. The van der Waals surface area contributed by atoms with Gasteiger partial charge < -0.3 is 4.90 Å². The maximum atomic E-state index is 13.7. The third kappa shape index (κ3) is 5.35. The Hall–Kier alpha value is -3.73. The predicted molar refractivity (Wildman–Crippen MR) is 142 cm³/mol. The number of hydrogen-bond donors (Lipinski definition) is 0. The molecule has 0 aliphatic carbocycles. The minimum atomic E-state index is -0.401. The molecule has 0 radical (unpaired) electrons. The maximum absolute atomic E-state index is 13.7. The summed E-state index contributed by atoms with van der Waals surface area (Å²) in [4.78, 5) is 34.3. The molecule has 1 atom stereocenters. The summed E-state index contributed by atoms with van der Waals surface area (Å²) >= 11 is 0. The van der Waals surface area contributed by atoms with E-state index >= 15 is 0 Å². The highest BCUT2D eigenvalue weighted by Gasteiger charge is 2.27. The molecule has 1 amide bonds. The van der Waals surface area contributed by atoms with E-state index in [1.807, 2.05) is 97.6 Å². The van der Waals surface area contributed by atoms with Crippen LogP contribution in [0.15, 0.2) is 83.7 Å². The number of rotatable bonds is 9. The number of carbonyl (C=O) groups excluding carboxylic acids is 1. The maximum Gasteiger partial charge on any atom is 0.266 e. The van der Waals surface area contributed by atoms with Crippen LogP contribution >= 0.6 is 0 Å². The van der Waals surface area contributed by atoms with Crippen molar-refractivity contribution in [1.82, 2.24) is 14.5 Å². The predicted octanol–water partition coefficient (Wildman–Crippen LogP) is 6.48. The molecule has 3 aromatic carbocycles. The first-order chi connectivity index (χ1) is 17.0. The van der Waals surface area contributed by atoms with Crippen LogP contribution in [0.25, 0.3) is 16.6 Å². The fourth-order valence-corrected chi connectivity index (χ4v) is 4.51. The number of nitrogens with zero attached hydrogens (tertiary/aromatic N) is 3. The van der Waals surface area contributed by atoms with Crippen molar-refractivity contribution in [3.8, 4) is 5.69 Å². The van der Waals surface area contributed by atoms with Crippen molar-refractivity contribution in [2.45, 2.75) is 52.5 Å². The number of fused-ring (bicyclic) bond motifs is 1. The molecule has 0 fully saturated rings. The zero-order valence-corrected chi connectivity index (χ0v) is 20.8. The minimum absolute atomic E-state index is 0.0483. The third-order valence-corrected chi connectivity index (χ3v) is 6.44. The van der Waals surface area contributed by atoms with Crippen molar-refractivity contribution >= 4 is 16.8 Å². The summed E-state index contributed by atoms with van der Waals surface area (Å²) < 4.78 is 1.68. The second-order valence-corrected chi connectivity index (χ2v) is 9.07. The number of benzene rings is 3. The second-order valence-electron chi connectivity index (χ2n) is 9.07. The molecule has 0 aliphatic heterocycles. The lowest BCUT2D eigenvalue weighted by molar-refractivity contribution is 0.0677. The fraction of sp³-hybridized carbons (Fsp3) is 0.300. The van der Waals surface area contributed by atoms with Crippen molar-refractivity contribution in [3.63, 3.8) is 0 Å². The fourth-order valence-electron chi connectivity index (χ4n) is 4.51. The number of unbranched alkanes of at least 4 members (excludes halogenated alkanes) is 3. The molecular weight excluding hydrogens is 434 g/mol. The highest BCUT2D eigenvalue weighted by Crippen LogP contribution is 2.25. The molecule has 0 saturated carbocycles. The first-order valence-electron chi connectivity index (χ1n) is 12.5. The summed E-state index contributed by atoms with van der Waals surface area (Å²) in [5.74, 6) is 0.520. The molecule has 180 valence electrons.